The van der Waals surface area contributed by atoms with E-state index in [0.717, 1.165) is 31.4 Å². The van der Waals surface area contributed by atoms with E-state index in [2.05, 4.69) is 130 Å². The van der Waals surface area contributed by atoms with Crippen molar-refractivity contribution in [3.63, 3.8) is 0 Å². The first-order valence-electron chi connectivity index (χ1n) is 11.3. The Labute approximate surface area is 199 Å². The van der Waals surface area contributed by atoms with E-state index in [0.29, 0.717) is 12.0 Å². The molecule has 158 valence electrons. The Balaban J connectivity index is 1.46. The van der Waals surface area contributed by atoms with Crippen molar-refractivity contribution < 1.29 is 0 Å². The Kier molecular flexibility index (Phi) is 6.28. The molecule has 2 heteroatoms. The molecule has 0 fully saturated rings. The lowest BCUT2D eigenvalue weighted by Gasteiger charge is -2.34. The summed E-state index contributed by atoms with van der Waals surface area (Å²) in [6, 6.07) is 31.3. The second kappa shape index (κ2) is 9.63. The summed E-state index contributed by atoms with van der Waals surface area (Å²) in [5, 5.41) is 0. The molecule has 0 heterocycles. The van der Waals surface area contributed by atoms with Gasteiger partial charge < -0.3 is 4.90 Å². The van der Waals surface area contributed by atoms with Crippen LogP contribution in [0.25, 0.3) is 11.1 Å². The van der Waals surface area contributed by atoms with Gasteiger partial charge in [-0.25, -0.2) is 0 Å². The highest BCUT2D eigenvalue weighted by molar-refractivity contribution is 9.11. The van der Waals surface area contributed by atoms with Gasteiger partial charge in [0.15, 0.2) is 0 Å². The van der Waals surface area contributed by atoms with Crippen LogP contribution in [0.4, 0.5) is 11.4 Å². The molecule has 2 atom stereocenters. The maximum atomic E-state index is 3.68. The van der Waals surface area contributed by atoms with Crippen LogP contribution in [0.2, 0.25) is 0 Å². The van der Waals surface area contributed by atoms with Gasteiger partial charge >= 0.3 is 0 Å². The van der Waals surface area contributed by atoms with Crippen molar-refractivity contribution in [2.45, 2.75) is 37.6 Å². The zero-order chi connectivity index (χ0) is 21.8. The molecule has 0 saturated carbocycles. The van der Waals surface area contributed by atoms with E-state index in [9.17, 15) is 0 Å². The van der Waals surface area contributed by atoms with E-state index in [1.165, 1.54) is 26.9 Å². The van der Waals surface area contributed by atoms with E-state index < -0.39 is 0 Å². The lowest BCUT2D eigenvalue weighted by atomic mass is 9.93. The number of halogens is 1. The first-order chi connectivity index (χ1) is 15.8. The quantitative estimate of drug-likeness (QED) is 0.354. The predicted molar refractivity (Wildman–Crippen MR) is 138 cm³/mol. The SMILES string of the molecule is BrC1=CCC(N(c2c#cc([C@H]3C=CC=CC3)cc2)c2ccc(-c3ccccc3)cc2)CC1. The molecule has 2 aliphatic rings. The Morgan fingerprint density at radius 3 is 2.28 bits per heavy atom. The molecule has 3 aromatic carbocycles. The van der Waals surface area contributed by atoms with Gasteiger partial charge in [-0.05, 0) is 71.6 Å². The summed E-state index contributed by atoms with van der Waals surface area (Å²) >= 11 is 3.68. The summed E-state index contributed by atoms with van der Waals surface area (Å²) in [7, 11) is 0. The summed E-state index contributed by atoms with van der Waals surface area (Å²) in [6.07, 6.45) is 15.3. The van der Waals surface area contributed by atoms with Gasteiger partial charge in [0.05, 0.1) is 5.69 Å². The second-order valence-electron chi connectivity index (χ2n) is 8.44. The van der Waals surface area contributed by atoms with E-state index in [1.54, 1.807) is 0 Å². The number of nitrogens with zero attached hydrogens (tertiary/aromatic N) is 1. The van der Waals surface area contributed by atoms with Crippen LogP contribution in [0.15, 0.2) is 102 Å². The monoisotopic (exact) mass is 479 g/mol. The second-order valence-corrected chi connectivity index (χ2v) is 9.46. The van der Waals surface area contributed by atoms with Crippen molar-refractivity contribution in [1.29, 1.82) is 0 Å². The van der Waals surface area contributed by atoms with Gasteiger partial charge in [0, 0.05) is 23.2 Å². The van der Waals surface area contributed by atoms with Crippen molar-refractivity contribution in [2.75, 3.05) is 4.90 Å². The molecule has 2 aliphatic carbocycles. The van der Waals surface area contributed by atoms with Crippen LogP contribution in [0.1, 0.15) is 37.2 Å². The van der Waals surface area contributed by atoms with E-state index >= 15 is 0 Å². The molecule has 0 spiro atoms. The largest absolute Gasteiger partial charge is 0.331 e. The van der Waals surface area contributed by atoms with Crippen LogP contribution in [0.5, 0.6) is 0 Å². The maximum Gasteiger partial charge on any atom is 0.0930 e. The van der Waals surface area contributed by atoms with Gasteiger partial charge in [-0.3, -0.25) is 0 Å². The van der Waals surface area contributed by atoms with Crippen molar-refractivity contribution in [2.24, 2.45) is 0 Å². The Hall–Kier alpha value is -3.02. The highest BCUT2D eigenvalue weighted by atomic mass is 79.9. The molecule has 0 radical (unpaired) electrons. The molecule has 0 N–H and O–H groups in total. The van der Waals surface area contributed by atoms with Crippen molar-refractivity contribution in [3.8, 4) is 11.1 Å². The molecule has 0 bridgehead atoms. The molecule has 0 saturated heterocycles. The Morgan fingerprint density at radius 1 is 0.812 bits per heavy atom. The molecule has 0 amide bonds. The van der Waals surface area contributed by atoms with Crippen LogP contribution >= 0.6 is 15.9 Å². The van der Waals surface area contributed by atoms with Gasteiger partial charge in [0.2, 0.25) is 0 Å². The van der Waals surface area contributed by atoms with Crippen LogP contribution in [0.3, 0.4) is 0 Å². The Bertz CT molecular complexity index is 1120. The van der Waals surface area contributed by atoms with Crippen LogP contribution in [0, 0.1) is 12.1 Å². The molecule has 0 aliphatic heterocycles. The predicted octanol–water partition coefficient (Wildman–Crippen LogP) is 8.52. The van der Waals surface area contributed by atoms with Gasteiger partial charge in [-0.15, -0.1) is 0 Å². The fourth-order valence-electron chi connectivity index (χ4n) is 4.57. The van der Waals surface area contributed by atoms with Gasteiger partial charge in [-0.2, -0.15) is 0 Å². The summed E-state index contributed by atoms with van der Waals surface area (Å²) < 4.78 is 1.32. The number of allylic oxidation sites excluding steroid dienone is 5. The van der Waals surface area contributed by atoms with Crippen LogP contribution in [-0.4, -0.2) is 6.04 Å². The van der Waals surface area contributed by atoms with Gasteiger partial charge in [0.25, 0.3) is 0 Å². The maximum absolute atomic E-state index is 3.68. The highest BCUT2D eigenvalue weighted by Crippen LogP contribution is 2.36. The highest BCUT2D eigenvalue weighted by Gasteiger charge is 2.23. The summed E-state index contributed by atoms with van der Waals surface area (Å²) in [4.78, 5) is 2.45. The topological polar surface area (TPSA) is 3.24 Å². The number of benzene rings is 2. The van der Waals surface area contributed by atoms with Crippen molar-refractivity contribution in [3.05, 3.63) is 119 Å². The first-order valence-corrected chi connectivity index (χ1v) is 12.1. The first kappa shape index (κ1) is 20.9. The van der Waals surface area contributed by atoms with E-state index in [1.807, 2.05) is 0 Å². The minimum atomic E-state index is 0.400. The summed E-state index contributed by atoms with van der Waals surface area (Å²) in [5.74, 6) is 0.400. The van der Waals surface area contributed by atoms with Crippen LogP contribution in [-0.2, 0) is 0 Å². The normalized spacial score (nSPS) is 19.8. The molecule has 3 aromatic rings. The summed E-state index contributed by atoms with van der Waals surface area (Å²) in [5.41, 5.74) is 5.99. The Morgan fingerprint density at radius 2 is 1.62 bits per heavy atom. The van der Waals surface area contributed by atoms with Gasteiger partial charge in [-0.1, -0.05) is 94.8 Å². The molecular formula is C30H26BrN. The molecule has 5 rings (SSSR count). The molecule has 32 heavy (non-hydrogen) atoms. The lowest BCUT2D eigenvalue weighted by Crippen LogP contribution is -2.32. The van der Waals surface area contributed by atoms with E-state index in [4.69, 9.17) is 0 Å². The average molecular weight is 480 g/mol. The third-order valence-corrected chi connectivity index (χ3v) is 7.06. The fraction of sp³-hybridized carbons (Fsp3) is 0.200. The minimum Gasteiger partial charge on any atom is -0.331 e. The smallest absolute Gasteiger partial charge is 0.0930 e. The summed E-state index contributed by atoms with van der Waals surface area (Å²) in [6.45, 7) is 0. The number of rotatable bonds is 5. The zero-order valence-electron chi connectivity index (χ0n) is 18.0. The molecule has 1 nitrogen and oxygen atoms in total. The minimum absolute atomic E-state index is 0.400. The van der Waals surface area contributed by atoms with E-state index in [-0.39, 0.29) is 0 Å². The molecular weight excluding hydrogens is 454 g/mol. The molecule has 0 aromatic heterocycles. The molecule has 1 unspecified atom stereocenters. The lowest BCUT2D eigenvalue weighted by molar-refractivity contribution is 0.588. The fourth-order valence-corrected chi connectivity index (χ4v) is 4.99. The van der Waals surface area contributed by atoms with Crippen LogP contribution < -0.4 is 4.90 Å². The average Bonchev–Trinajstić information content (AvgIpc) is 2.87. The number of hydrogen-bond acceptors (Lipinski definition) is 1. The number of anilines is 2. The zero-order valence-corrected chi connectivity index (χ0v) is 19.6. The van der Waals surface area contributed by atoms with Gasteiger partial charge in [0.1, 0.15) is 0 Å². The third kappa shape index (κ3) is 4.59. The third-order valence-electron chi connectivity index (χ3n) is 6.34. The van der Waals surface area contributed by atoms with Crippen molar-refractivity contribution in [1.82, 2.24) is 0 Å². The number of hydrogen-bond donors (Lipinski definition) is 0. The van der Waals surface area contributed by atoms with Crippen molar-refractivity contribution >= 4 is 27.3 Å². The standard InChI is InChI=1S/C30H26BrN/c31-27-15-21-30(22-16-27)32(28-17-11-25(12-18-28)23-7-3-1-4-8-23)29-19-13-26(14-20-29)24-9-5-2-6-10-24/h1-9,11-13,15,17-19,24,30H,10,16,21-22H2/t24-,30?/m0/s1.